The van der Waals surface area contributed by atoms with Gasteiger partial charge in [-0.15, -0.1) is 0 Å². The summed E-state index contributed by atoms with van der Waals surface area (Å²) in [4.78, 5) is 1.94. The Morgan fingerprint density at radius 3 is 2.71 bits per heavy atom. The van der Waals surface area contributed by atoms with Crippen molar-refractivity contribution in [2.24, 2.45) is 5.73 Å². The van der Waals surface area contributed by atoms with Crippen LogP contribution < -0.4 is 5.73 Å². The summed E-state index contributed by atoms with van der Waals surface area (Å²) in [6.07, 6.45) is 0. The zero-order chi connectivity index (χ0) is 10.7. The fourth-order valence-corrected chi connectivity index (χ4v) is 1.55. The molecule has 0 aliphatic carbocycles. The minimum Gasteiger partial charge on any atom is -0.323 e. The molecule has 1 rings (SSSR count). The molecule has 0 aliphatic rings. The minimum atomic E-state index is -0.307. The summed E-state index contributed by atoms with van der Waals surface area (Å²) < 4.78 is 12.9. The van der Waals surface area contributed by atoms with Gasteiger partial charge in [0, 0.05) is 17.6 Å². The SMILES string of the molecule is CN(C)CC(N)c1cc(F)ccc1Cl. The third kappa shape index (κ3) is 2.94. The molecule has 0 radical (unpaired) electrons. The Balaban J connectivity index is 2.88. The molecule has 1 atom stereocenters. The highest BCUT2D eigenvalue weighted by molar-refractivity contribution is 6.31. The van der Waals surface area contributed by atoms with E-state index in [4.69, 9.17) is 17.3 Å². The molecule has 0 saturated heterocycles. The summed E-state index contributed by atoms with van der Waals surface area (Å²) in [7, 11) is 3.82. The van der Waals surface area contributed by atoms with Crippen molar-refractivity contribution < 1.29 is 4.39 Å². The number of hydrogen-bond donors (Lipinski definition) is 1. The summed E-state index contributed by atoms with van der Waals surface area (Å²) in [5, 5.41) is 0.515. The second-order valence-electron chi connectivity index (χ2n) is 3.53. The van der Waals surface area contributed by atoms with E-state index >= 15 is 0 Å². The van der Waals surface area contributed by atoms with Crippen LogP contribution in [0.1, 0.15) is 11.6 Å². The van der Waals surface area contributed by atoms with E-state index in [0.717, 1.165) is 0 Å². The van der Waals surface area contributed by atoms with Crippen molar-refractivity contribution in [1.29, 1.82) is 0 Å². The maximum absolute atomic E-state index is 12.9. The Morgan fingerprint density at radius 2 is 2.14 bits per heavy atom. The summed E-state index contributed by atoms with van der Waals surface area (Å²) in [5.74, 6) is -0.307. The van der Waals surface area contributed by atoms with Crippen LogP contribution in [0.3, 0.4) is 0 Å². The second kappa shape index (κ2) is 4.73. The van der Waals surface area contributed by atoms with Gasteiger partial charge in [-0.05, 0) is 37.9 Å². The molecule has 0 bridgehead atoms. The van der Waals surface area contributed by atoms with E-state index in [2.05, 4.69) is 0 Å². The van der Waals surface area contributed by atoms with E-state index in [9.17, 15) is 4.39 Å². The maximum Gasteiger partial charge on any atom is 0.123 e. The Labute approximate surface area is 88.5 Å². The standard InChI is InChI=1S/C10H14ClFN2/c1-14(2)6-10(13)8-5-7(12)3-4-9(8)11/h3-5,10H,6,13H2,1-2H3. The molecule has 0 aliphatic heterocycles. The molecule has 4 heteroatoms. The summed E-state index contributed by atoms with van der Waals surface area (Å²) >= 11 is 5.91. The Kier molecular flexibility index (Phi) is 3.86. The molecule has 0 fully saturated rings. The first-order valence-electron chi connectivity index (χ1n) is 4.36. The predicted molar refractivity (Wildman–Crippen MR) is 56.9 cm³/mol. The third-order valence-electron chi connectivity index (χ3n) is 1.92. The quantitative estimate of drug-likeness (QED) is 0.838. The van der Waals surface area contributed by atoms with Crippen LogP contribution in [0.15, 0.2) is 18.2 Å². The van der Waals surface area contributed by atoms with Crippen molar-refractivity contribution in [2.75, 3.05) is 20.6 Å². The summed E-state index contributed by atoms with van der Waals surface area (Å²) in [6.45, 7) is 0.642. The van der Waals surface area contributed by atoms with Crippen molar-refractivity contribution in [2.45, 2.75) is 6.04 Å². The monoisotopic (exact) mass is 216 g/mol. The van der Waals surface area contributed by atoms with Crippen LogP contribution in [-0.4, -0.2) is 25.5 Å². The number of nitrogens with two attached hydrogens (primary N) is 1. The molecule has 0 spiro atoms. The average molecular weight is 217 g/mol. The van der Waals surface area contributed by atoms with Gasteiger partial charge in [-0.25, -0.2) is 4.39 Å². The highest BCUT2D eigenvalue weighted by atomic mass is 35.5. The largest absolute Gasteiger partial charge is 0.323 e. The molecule has 2 nitrogen and oxygen atoms in total. The van der Waals surface area contributed by atoms with Crippen molar-refractivity contribution in [1.82, 2.24) is 4.90 Å². The number of likely N-dealkylation sites (N-methyl/N-ethyl adjacent to an activating group) is 1. The number of nitrogens with zero attached hydrogens (tertiary/aromatic N) is 1. The first-order valence-corrected chi connectivity index (χ1v) is 4.73. The molecule has 1 aromatic carbocycles. The smallest absolute Gasteiger partial charge is 0.123 e. The van der Waals surface area contributed by atoms with Gasteiger partial charge in [0.25, 0.3) is 0 Å². The van der Waals surface area contributed by atoms with Crippen LogP contribution in [0.5, 0.6) is 0 Å². The van der Waals surface area contributed by atoms with Crippen LogP contribution in [-0.2, 0) is 0 Å². The third-order valence-corrected chi connectivity index (χ3v) is 2.26. The number of rotatable bonds is 3. The van der Waals surface area contributed by atoms with Gasteiger partial charge in [0.1, 0.15) is 5.82 Å². The fourth-order valence-electron chi connectivity index (χ4n) is 1.29. The average Bonchev–Trinajstić information content (AvgIpc) is 2.08. The lowest BCUT2D eigenvalue weighted by Gasteiger charge is -2.18. The van der Waals surface area contributed by atoms with Gasteiger partial charge in [-0.2, -0.15) is 0 Å². The van der Waals surface area contributed by atoms with E-state index in [0.29, 0.717) is 17.1 Å². The molecule has 1 unspecified atom stereocenters. The van der Waals surface area contributed by atoms with E-state index < -0.39 is 0 Å². The number of benzene rings is 1. The maximum atomic E-state index is 12.9. The minimum absolute atomic E-state index is 0.256. The zero-order valence-electron chi connectivity index (χ0n) is 8.30. The molecular formula is C10H14ClFN2. The molecule has 78 valence electrons. The second-order valence-corrected chi connectivity index (χ2v) is 3.94. The van der Waals surface area contributed by atoms with Crippen LogP contribution in [0.25, 0.3) is 0 Å². The number of hydrogen-bond acceptors (Lipinski definition) is 2. The van der Waals surface area contributed by atoms with Crippen molar-refractivity contribution >= 4 is 11.6 Å². The highest BCUT2D eigenvalue weighted by Crippen LogP contribution is 2.22. The first kappa shape index (κ1) is 11.4. The Hall–Kier alpha value is -0.640. The van der Waals surface area contributed by atoms with Gasteiger partial charge in [-0.3, -0.25) is 0 Å². The Morgan fingerprint density at radius 1 is 1.50 bits per heavy atom. The molecule has 0 amide bonds. The van der Waals surface area contributed by atoms with Crippen LogP contribution in [0.4, 0.5) is 4.39 Å². The summed E-state index contributed by atoms with van der Waals surface area (Å²) in [6, 6.07) is 3.99. The Bertz CT molecular complexity index is 315. The zero-order valence-corrected chi connectivity index (χ0v) is 9.05. The van der Waals surface area contributed by atoms with Crippen LogP contribution >= 0.6 is 11.6 Å². The lowest BCUT2D eigenvalue weighted by molar-refractivity contribution is 0.376. The first-order chi connectivity index (χ1) is 6.50. The van der Waals surface area contributed by atoms with Gasteiger partial charge in [-0.1, -0.05) is 11.6 Å². The molecule has 0 aromatic heterocycles. The molecule has 0 saturated carbocycles. The van der Waals surface area contributed by atoms with Crippen LogP contribution in [0, 0.1) is 5.82 Å². The van der Waals surface area contributed by atoms with Gasteiger partial charge >= 0.3 is 0 Å². The lowest BCUT2D eigenvalue weighted by atomic mass is 10.1. The van der Waals surface area contributed by atoms with Gasteiger partial charge in [0.05, 0.1) is 0 Å². The van der Waals surface area contributed by atoms with Crippen molar-refractivity contribution in [3.05, 3.63) is 34.6 Å². The summed E-state index contributed by atoms with van der Waals surface area (Å²) in [5.41, 5.74) is 6.53. The predicted octanol–water partition coefficient (Wildman–Crippen LogP) is 2.04. The topological polar surface area (TPSA) is 29.3 Å². The molecule has 0 heterocycles. The van der Waals surface area contributed by atoms with E-state index in [-0.39, 0.29) is 11.9 Å². The van der Waals surface area contributed by atoms with E-state index in [1.807, 2.05) is 19.0 Å². The van der Waals surface area contributed by atoms with Gasteiger partial charge in [0.15, 0.2) is 0 Å². The van der Waals surface area contributed by atoms with Crippen molar-refractivity contribution in [3.63, 3.8) is 0 Å². The van der Waals surface area contributed by atoms with Crippen LogP contribution in [0.2, 0.25) is 5.02 Å². The molecule has 2 N–H and O–H groups in total. The molecule has 14 heavy (non-hydrogen) atoms. The highest BCUT2D eigenvalue weighted by Gasteiger charge is 2.11. The normalized spacial score (nSPS) is 13.3. The number of halogens is 2. The van der Waals surface area contributed by atoms with E-state index in [1.165, 1.54) is 18.2 Å². The van der Waals surface area contributed by atoms with Crippen molar-refractivity contribution in [3.8, 4) is 0 Å². The van der Waals surface area contributed by atoms with Gasteiger partial charge < -0.3 is 10.6 Å². The molecular weight excluding hydrogens is 203 g/mol. The van der Waals surface area contributed by atoms with Gasteiger partial charge in [0.2, 0.25) is 0 Å². The fraction of sp³-hybridized carbons (Fsp3) is 0.400. The molecule has 1 aromatic rings. The lowest BCUT2D eigenvalue weighted by Crippen LogP contribution is -2.26. The van der Waals surface area contributed by atoms with E-state index in [1.54, 1.807) is 0 Å².